The molecule has 2 rings (SSSR count). The smallest absolute Gasteiger partial charge is 0.387 e. The summed E-state index contributed by atoms with van der Waals surface area (Å²) in [4.78, 5) is 27.4. The molecule has 0 aliphatic heterocycles. The van der Waals surface area contributed by atoms with E-state index in [0.29, 0.717) is 5.69 Å². The number of anilines is 1. The fraction of sp³-hybridized carbons (Fsp3) is 0.133. The molecule has 0 saturated heterocycles. The van der Waals surface area contributed by atoms with Gasteiger partial charge in [0.15, 0.2) is 0 Å². The molecule has 120 valence electrons. The SMILES string of the molecule is O=C(CNC(=O)c1cccc(OC(F)F)c1)Nc1cccnc1. The van der Waals surface area contributed by atoms with E-state index < -0.39 is 18.4 Å². The third-order valence-electron chi connectivity index (χ3n) is 2.68. The van der Waals surface area contributed by atoms with Crippen LogP contribution in [0.4, 0.5) is 14.5 Å². The topological polar surface area (TPSA) is 80.3 Å². The second kappa shape index (κ2) is 7.83. The number of amides is 2. The van der Waals surface area contributed by atoms with Crippen molar-refractivity contribution in [3.8, 4) is 5.75 Å². The number of pyridine rings is 1. The number of hydrogen-bond donors (Lipinski definition) is 2. The first-order valence-corrected chi connectivity index (χ1v) is 6.57. The maximum atomic E-state index is 12.1. The van der Waals surface area contributed by atoms with Crippen LogP contribution in [0.3, 0.4) is 0 Å². The van der Waals surface area contributed by atoms with Gasteiger partial charge in [0, 0.05) is 11.8 Å². The van der Waals surface area contributed by atoms with Crippen LogP contribution in [-0.2, 0) is 4.79 Å². The molecule has 0 aliphatic carbocycles. The zero-order valence-electron chi connectivity index (χ0n) is 11.8. The van der Waals surface area contributed by atoms with Crippen LogP contribution >= 0.6 is 0 Å². The zero-order valence-corrected chi connectivity index (χ0v) is 11.8. The van der Waals surface area contributed by atoms with Crippen molar-refractivity contribution in [1.29, 1.82) is 0 Å². The summed E-state index contributed by atoms with van der Waals surface area (Å²) >= 11 is 0. The lowest BCUT2D eigenvalue weighted by molar-refractivity contribution is -0.115. The Kier molecular flexibility index (Phi) is 5.56. The maximum Gasteiger partial charge on any atom is 0.387 e. The molecule has 1 heterocycles. The highest BCUT2D eigenvalue weighted by atomic mass is 19.3. The summed E-state index contributed by atoms with van der Waals surface area (Å²) in [7, 11) is 0. The van der Waals surface area contributed by atoms with Crippen LogP contribution in [0, 0.1) is 0 Å². The highest BCUT2D eigenvalue weighted by Crippen LogP contribution is 2.15. The number of carbonyl (C=O) groups excluding carboxylic acids is 2. The number of benzene rings is 1. The van der Waals surface area contributed by atoms with Gasteiger partial charge in [-0.2, -0.15) is 8.78 Å². The van der Waals surface area contributed by atoms with E-state index in [4.69, 9.17) is 0 Å². The van der Waals surface area contributed by atoms with Crippen LogP contribution in [0.25, 0.3) is 0 Å². The first kappa shape index (κ1) is 16.3. The number of rotatable bonds is 6. The van der Waals surface area contributed by atoms with Gasteiger partial charge < -0.3 is 15.4 Å². The number of nitrogens with one attached hydrogen (secondary N) is 2. The molecule has 0 fully saturated rings. The summed E-state index contributed by atoms with van der Waals surface area (Å²) in [6, 6.07) is 8.61. The van der Waals surface area contributed by atoms with Crippen molar-refractivity contribution in [2.75, 3.05) is 11.9 Å². The Labute approximate surface area is 130 Å². The molecule has 0 unspecified atom stereocenters. The van der Waals surface area contributed by atoms with Crippen molar-refractivity contribution in [2.24, 2.45) is 0 Å². The molecular formula is C15H13F2N3O3. The number of halogens is 2. The van der Waals surface area contributed by atoms with E-state index in [2.05, 4.69) is 20.4 Å². The molecule has 0 bridgehead atoms. The fourth-order valence-corrected chi connectivity index (χ4v) is 1.72. The molecule has 0 saturated carbocycles. The standard InChI is InChI=1S/C15H13F2N3O3/c16-15(17)23-12-5-1-3-10(7-12)14(22)19-9-13(21)20-11-4-2-6-18-8-11/h1-8,15H,9H2,(H,19,22)(H,20,21). The van der Waals surface area contributed by atoms with Crippen LogP contribution in [-0.4, -0.2) is 30.0 Å². The zero-order chi connectivity index (χ0) is 16.7. The minimum absolute atomic E-state index is 0.109. The van der Waals surface area contributed by atoms with Gasteiger partial charge in [0.25, 0.3) is 5.91 Å². The van der Waals surface area contributed by atoms with E-state index >= 15 is 0 Å². The van der Waals surface area contributed by atoms with Crippen molar-refractivity contribution >= 4 is 17.5 Å². The van der Waals surface area contributed by atoms with Crippen LogP contribution in [0.1, 0.15) is 10.4 Å². The third-order valence-corrected chi connectivity index (χ3v) is 2.68. The van der Waals surface area contributed by atoms with Crippen molar-refractivity contribution in [2.45, 2.75) is 6.61 Å². The van der Waals surface area contributed by atoms with Gasteiger partial charge in [-0.1, -0.05) is 6.07 Å². The van der Waals surface area contributed by atoms with Crippen molar-refractivity contribution < 1.29 is 23.1 Å². The maximum absolute atomic E-state index is 12.1. The average Bonchev–Trinajstić information content (AvgIpc) is 2.53. The minimum Gasteiger partial charge on any atom is -0.435 e. The van der Waals surface area contributed by atoms with Crippen LogP contribution in [0.5, 0.6) is 5.75 Å². The van der Waals surface area contributed by atoms with Crippen molar-refractivity contribution in [1.82, 2.24) is 10.3 Å². The van der Waals surface area contributed by atoms with Gasteiger partial charge in [0.05, 0.1) is 18.4 Å². The average molecular weight is 321 g/mol. The summed E-state index contributed by atoms with van der Waals surface area (Å²) in [6.45, 7) is -3.24. The van der Waals surface area contributed by atoms with Crippen LogP contribution in [0.2, 0.25) is 0 Å². The van der Waals surface area contributed by atoms with Gasteiger partial charge in [0.2, 0.25) is 5.91 Å². The third kappa shape index (κ3) is 5.34. The molecule has 2 amide bonds. The first-order valence-electron chi connectivity index (χ1n) is 6.57. The molecule has 0 aliphatic rings. The van der Waals surface area contributed by atoms with Crippen LogP contribution < -0.4 is 15.4 Å². The predicted molar refractivity (Wildman–Crippen MR) is 78.3 cm³/mol. The number of hydrogen-bond acceptors (Lipinski definition) is 4. The Morgan fingerprint density at radius 3 is 2.74 bits per heavy atom. The molecule has 1 aromatic heterocycles. The van der Waals surface area contributed by atoms with E-state index in [1.54, 1.807) is 18.3 Å². The van der Waals surface area contributed by atoms with Crippen molar-refractivity contribution in [3.63, 3.8) is 0 Å². The molecule has 6 nitrogen and oxygen atoms in total. The predicted octanol–water partition coefficient (Wildman–Crippen LogP) is 2.05. The number of ether oxygens (including phenoxy) is 1. The number of aromatic nitrogens is 1. The summed E-state index contributed by atoms with van der Waals surface area (Å²) in [5, 5.41) is 4.93. The highest BCUT2D eigenvalue weighted by molar-refractivity contribution is 5.99. The van der Waals surface area contributed by atoms with Gasteiger partial charge in [-0.3, -0.25) is 14.6 Å². The molecule has 0 radical (unpaired) electrons. The molecule has 2 aromatic rings. The Morgan fingerprint density at radius 1 is 1.22 bits per heavy atom. The monoisotopic (exact) mass is 321 g/mol. The van der Waals surface area contributed by atoms with E-state index in [9.17, 15) is 18.4 Å². The molecule has 0 atom stereocenters. The molecule has 23 heavy (non-hydrogen) atoms. The Morgan fingerprint density at radius 2 is 2.04 bits per heavy atom. The van der Waals surface area contributed by atoms with Gasteiger partial charge in [0.1, 0.15) is 5.75 Å². The van der Waals surface area contributed by atoms with E-state index in [1.165, 1.54) is 30.5 Å². The minimum atomic E-state index is -2.97. The first-order chi connectivity index (χ1) is 11.0. The van der Waals surface area contributed by atoms with Gasteiger partial charge in [-0.05, 0) is 30.3 Å². The van der Waals surface area contributed by atoms with E-state index in [0.717, 1.165) is 0 Å². The van der Waals surface area contributed by atoms with Crippen LogP contribution in [0.15, 0.2) is 48.8 Å². The Hall–Kier alpha value is -3.03. The molecule has 1 aromatic carbocycles. The lowest BCUT2D eigenvalue weighted by Gasteiger charge is -2.08. The number of carbonyl (C=O) groups is 2. The van der Waals surface area contributed by atoms with E-state index in [1.807, 2.05) is 0 Å². The van der Waals surface area contributed by atoms with E-state index in [-0.39, 0.29) is 17.9 Å². The van der Waals surface area contributed by atoms with Gasteiger partial charge >= 0.3 is 6.61 Å². The van der Waals surface area contributed by atoms with Gasteiger partial charge in [-0.15, -0.1) is 0 Å². The number of alkyl halides is 2. The molecule has 8 heteroatoms. The van der Waals surface area contributed by atoms with Crippen molar-refractivity contribution in [3.05, 3.63) is 54.4 Å². The summed E-state index contributed by atoms with van der Waals surface area (Å²) in [6.07, 6.45) is 3.02. The fourth-order valence-electron chi connectivity index (χ4n) is 1.72. The second-order valence-corrected chi connectivity index (χ2v) is 4.38. The van der Waals surface area contributed by atoms with Gasteiger partial charge in [-0.25, -0.2) is 0 Å². The quantitative estimate of drug-likeness (QED) is 0.853. The highest BCUT2D eigenvalue weighted by Gasteiger charge is 2.11. The lowest BCUT2D eigenvalue weighted by Crippen LogP contribution is -2.32. The summed E-state index contributed by atoms with van der Waals surface area (Å²) in [5.41, 5.74) is 0.608. The molecule has 2 N–H and O–H groups in total. The lowest BCUT2D eigenvalue weighted by atomic mass is 10.2. The second-order valence-electron chi connectivity index (χ2n) is 4.38. The molecule has 0 spiro atoms. The largest absolute Gasteiger partial charge is 0.435 e. The molecular weight excluding hydrogens is 308 g/mol. The summed E-state index contributed by atoms with van der Waals surface area (Å²) < 4.78 is 28.5. The Bertz CT molecular complexity index is 681. The summed E-state index contributed by atoms with van der Waals surface area (Å²) in [5.74, 6) is -1.15. The number of nitrogens with zero attached hydrogens (tertiary/aromatic N) is 1. The normalized spacial score (nSPS) is 10.2. The Balaban J connectivity index is 1.88.